The van der Waals surface area contributed by atoms with Gasteiger partial charge in [0.25, 0.3) is 0 Å². The second-order valence-electron chi connectivity index (χ2n) is 4.49. The zero-order valence-electron chi connectivity index (χ0n) is 11.2. The van der Waals surface area contributed by atoms with E-state index in [2.05, 4.69) is 5.32 Å². The molecule has 0 atom stereocenters. The molecular formula is C14H19NO4. The molecule has 1 rings (SSSR count). The van der Waals surface area contributed by atoms with Crippen molar-refractivity contribution in [3.8, 4) is 5.75 Å². The van der Waals surface area contributed by atoms with E-state index < -0.39 is 5.97 Å². The van der Waals surface area contributed by atoms with Gasteiger partial charge in [-0.05, 0) is 32.4 Å². The molecule has 104 valence electrons. The predicted molar refractivity (Wildman–Crippen MR) is 72.3 cm³/mol. The molecule has 5 nitrogen and oxygen atoms in total. The quantitative estimate of drug-likeness (QED) is 0.794. The smallest absolute Gasteiger partial charge is 0.303 e. The first-order chi connectivity index (χ1) is 8.97. The summed E-state index contributed by atoms with van der Waals surface area (Å²) in [6, 6.07) is 7.13. The number of rotatable bonds is 7. The van der Waals surface area contributed by atoms with Crippen molar-refractivity contribution in [2.45, 2.75) is 39.2 Å². The third-order valence-corrected chi connectivity index (χ3v) is 2.28. The average molecular weight is 265 g/mol. The van der Waals surface area contributed by atoms with Crippen LogP contribution in [-0.2, 0) is 9.59 Å². The van der Waals surface area contributed by atoms with Crippen LogP contribution in [0.15, 0.2) is 24.3 Å². The van der Waals surface area contributed by atoms with Gasteiger partial charge in [0.2, 0.25) is 5.91 Å². The molecule has 1 aromatic rings. The van der Waals surface area contributed by atoms with Crippen molar-refractivity contribution in [2.75, 3.05) is 5.32 Å². The molecule has 2 N–H and O–H groups in total. The van der Waals surface area contributed by atoms with E-state index in [1.807, 2.05) is 19.9 Å². The molecule has 0 saturated carbocycles. The van der Waals surface area contributed by atoms with Crippen LogP contribution < -0.4 is 10.1 Å². The van der Waals surface area contributed by atoms with Gasteiger partial charge in [-0.25, -0.2) is 0 Å². The summed E-state index contributed by atoms with van der Waals surface area (Å²) in [4.78, 5) is 21.9. The Morgan fingerprint density at radius 3 is 2.68 bits per heavy atom. The van der Waals surface area contributed by atoms with Gasteiger partial charge in [0.15, 0.2) is 0 Å². The Morgan fingerprint density at radius 2 is 2.05 bits per heavy atom. The summed E-state index contributed by atoms with van der Waals surface area (Å²) in [5, 5.41) is 11.2. The fourth-order valence-electron chi connectivity index (χ4n) is 1.54. The van der Waals surface area contributed by atoms with Crippen molar-refractivity contribution < 1.29 is 19.4 Å². The summed E-state index contributed by atoms with van der Waals surface area (Å²) in [6.07, 6.45) is 0.607. The molecule has 0 spiro atoms. The second-order valence-corrected chi connectivity index (χ2v) is 4.49. The summed E-state index contributed by atoms with van der Waals surface area (Å²) >= 11 is 0. The standard InChI is InChI=1S/C14H19NO4/c1-10(2)19-12-6-3-5-11(9-12)15-13(16)7-4-8-14(17)18/h3,5-6,9-10H,4,7-8H2,1-2H3,(H,15,16)(H,17,18). The Labute approximate surface area is 112 Å². The summed E-state index contributed by atoms with van der Waals surface area (Å²) in [5.41, 5.74) is 0.651. The molecule has 0 aliphatic heterocycles. The van der Waals surface area contributed by atoms with E-state index in [1.54, 1.807) is 18.2 Å². The molecule has 0 radical (unpaired) electrons. The minimum atomic E-state index is -0.889. The maximum Gasteiger partial charge on any atom is 0.303 e. The van der Waals surface area contributed by atoms with Crippen LogP contribution in [0.25, 0.3) is 0 Å². The van der Waals surface area contributed by atoms with Crippen LogP contribution in [0.2, 0.25) is 0 Å². The molecule has 0 aliphatic rings. The fraction of sp³-hybridized carbons (Fsp3) is 0.429. The van der Waals surface area contributed by atoms with Crippen molar-refractivity contribution >= 4 is 17.6 Å². The van der Waals surface area contributed by atoms with Gasteiger partial charge in [-0.3, -0.25) is 9.59 Å². The van der Waals surface area contributed by atoms with E-state index in [0.717, 1.165) is 0 Å². The number of carbonyl (C=O) groups excluding carboxylic acids is 1. The number of hydrogen-bond donors (Lipinski definition) is 2. The van der Waals surface area contributed by atoms with E-state index in [9.17, 15) is 9.59 Å². The number of nitrogens with one attached hydrogen (secondary N) is 1. The molecule has 19 heavy (non-hydrogen) atoms. The SMILES string of the molecule is CC(C)Oc1cccc(NC(=O)CCCC(=O)O)c1. The Hall–Kier alpha value is -2.04. The molecule has 1 amide bonds. The van der Waals surface area contributed by atoms with E-state index in [4.69, 9.17) is 9.84 Å². The van der Waals surface area contributed by atoms with Crippen molar-refractivity contribution in [1.29, 1.82) is 0 Å². The number of ether oxygens (including phenoxy) is 1. The summed E-state index contributed by atoms with van der Waals surface area (Å²) in [5.74, 6) is -0.388. The lowest BCUT2D eigenvalue weighted by Crippen LogP contribution is -2.12. The van der Waals surface area contributed by atoms with Gasteiger partial charge in [0, 0.05) is 24.6 Å². The number of benzene rings is 1. The number of amides is 1. The van der Waals surface area contributed by atoms with Crippen molar-refractivity contribution in [1.82, 2.24) is 0 Å². The first kappa shape index (κ1) is 15.0. The maximum atomic E-state index is 11.6. The minimum Gasteiger partial charge on any atom is -0.491 e. The van der Waals surface area contributed by atoms with Gasteiger partial charge in [0.1, 0.15) is 5.75 Å². The summed E-state index contributed by atoms with van der Waals surface area (Å²) in [6.45, 7) is 3.86. The fourth-order valence-corrected chi connectivity index (χ4v) is 1.54. The third kappa shape index (κ3) is 6.45. The molecule has 5 heteroatoms. The average Bonchev–Trinajstić information content (AvgIpc) is 2.27. The molecule has 1 aromatic carbocycles. The normalized spacial score (nSPS) is 10.3. The van der Waals surface area contributed by atoms with E-state index in [-0.39, 0.29) is 24.9 Å². The Morgan fingerprint density at radius 1 is 1.32 bits per heavy atom. The van der Waals surface area contributed by atoms with E-state index in [1.165, 1.54) is 0 Å². The zero-order valence-corrected chi connectivity index (χ0v) is 11.2. The second kappa shape index (κ2) is 7.41. The van der Waals surface area contributed by atoms with Gasteiger partial charge >= 0.3 is 5.97 Å². The lowest BCUT2D eigenvalue weighted by atomic mass is 10.2. The van der Waals surface area contributed by atoms with Gasteiger partial charge in [-0.2, -0.15) is 0 Å². The number of carbonyl (C=O) groups is 2. The first-order valence-electron chi connectivity index (χ1n) is 6.25. The predicted octanol–water partition coefficient (Wildman–Crippen LogP) is 2.67. The van der Waals surface area contributed by atoms with Gasteiger partial charge in [-0.15, -0.1) is 0 Å². The highest BCUT2D eigenvalue weighted by Crippen LogP contribution is 2.18. The van der Waals surface area contributed by atoms with E-state index >= 15 is 0 Å². The molecule has 0 aliphatic carbocycles. The van der Waals surface area contributed by atoms with Crippen LogP contribution >= 0.6 is 0 Å². The summed E-state index contributed by atoms with van der Waals surface area (Å²) in [7, 11) is 0. The van der Waals surface area contributed by atoms with Crippen LogP contribution in [-0.4, -0.2) is 23.1 Å². The first-order valence-corrected chi connectivity index (χ1v) is 6.25. The van der Waals surface area contributed by atoms with Crippen LogP contribution in [0.4, 0.5) is 5.69 Å². The lowest BCUT2D eigenvalue weighted by molar-refractivity contribution is -0.137. The number of hydrogen-bond acceptors (Lipinski definition) is 3. The Bertz CT molecular complexity index is 443. The number of anilines is 1. The zero-order chi connectivity index (χ0) is 14.3. The molecule has 0 fully saturated rings. The maximum absolute atomic E-state index is 11.6. The number of aliphatic carboxylic acids is 1. The molecule has 0 saturated heterocycles. The van der Waals surface area contributed by atoms with Gasteiger partial charge in [0.05, 0.1) is 6.10 Å². The highest BCUT2D eigenvalue weighted by atomic mass is 16.5. The topological polar surface area (TPSA) is 75.6 Å². The van der Waals surface area contributed by atoms with Crippen LogP contribution in [0.5, 0.6) is 5.75 Å². The Kier molecular flexibility index (Phi) is 5.85. The van der Waals surface area contributed by atoms with E-state index in [0.29, 0.717) is 17.9 Å². The highest BCUT2D eigenvalue weighted by molar-refractivity contribution is 5.91. The minimum absolute atomic E-state index is 0.00389. The van der Waals surface area contributed by atoms with Crippen molar-refractivity contribution in [3.63, 3.8) is 0 Å². The Balaban J connectivity index is 2.47. The third-order valence-electron chi connectivity index (χ3n) is 2.28. The van der Waals surface area contributed by atoms with Gasteiger partial charge < -0.3 is 15.2 Å². The monoisotopic (exact) mass is 265 g/mol. The van der Waals surface area contributed by atoms with Crippen molar-refractivity contribution in [2.24, 2.45) is 0 Å². The molecule has 0 heterocycles. The molecular weight excluding hydrogens is 246 g/mol. The molecule has 0 aromatic heterocycles. The molecule has 0 unspecified atom stereocenters. The summed E-state index contributed by atoms with van der Waals surface area (Å²) < 4.78 is 5.52. The van der Waals surface area contributed by atoms with Crippen LogP contribution in [0, 0.1) is 0 Å². The van der Waals surface area contributed by atoms with Crippen LogP contribution in [0.1, 0.15) is 33.1 Å². The van der Waals surface area contributed by atoms with Crippen LogP contribution in [0.3, 0.4) is 0 Å². The van der Waals surface area contributed by atoms with Crippen molar-refractivity contribution in [3.05, 3.63) is 24.3 Å². The number of carboxylic acid groups (broad SMARTS) is 1. The van der Waals surface area contributed by atoms with Gasteiger partial charge in [-0.1, -0.05) is 6.07 Å². The largest absolute Gasteiger partial charge is 0.491 e. The number of carboxylic acids is 1. The lowest BCUT2D eigenvalue weighted by Gasteiger charge is -2.11. The molecule has 0 bridgehead atoms. The highest BCUT2D eigenvalue weighted by Gasteiger charge is 2.05.